The summed E-state index contributed by atoms with van der Waals surface area (Å²) in [6, 6.07) is 0. The molecule has 1 aliphatic rings. The highest BCUT2D eigenvalue weighted by Crippen LogP contribution is 2.34. The lowest BCUT2D eigenvalue weighted by Gasteiger charge is -2.04. The number of aromatic nitrogens is 1. The zero-order valence-corrected chi connectivity index (χ0v) is 7.25. The van der Waals surface area contributed by atoms with Crippen molar-refractivity contribution >= 4 is 5.91 Å². The second-order valence-electron chi connectivity index (χ2n) is 3.39. The molecule has 1 aromatic rings. The third-order valence-corrected chi connectivity index (χ3v) is 2.54. The van der Waals surface area contributed by atoms with Crippen molar-refractivity contribution in [3.05, 3.63) is 17.5 Å². The molecule has 1 amide bonds. The summed E-state index contributed by atoms with van der Waals surface area (Å²) in [6.07, 6.45) is 6.94. The maximum Gasteiger partial charge on any atom is 0.254 e. The van der Waals surface area contributed by atoms with Crippen molar-refractivity contribution in [1.29, 1.82) is 0 Å². The van der Waals surface area contributed by atoms with Crippen molar-refractivity contribution in [3.8, 4) is 0 Å². The topological polar surface area (TPSA) is 69.1 Å². The summed E-state index contributed by atoms with van der Waals surface area (Å²) in [6.45, 7) is 0. The van der Waals surface area contributed by atoms with Gasteiger partial charge in [0, 0.05) is 5.92 Å². The van der Waals surface area contributed by atoms with E-state index in [0.717, 1.165) is 12.8 Å². The van der Waals surface area contributed by atoms with Crippen LogP contribution in [0.15, 0.2) is 4.52 Å². The Balaban J connectivity index is 2.28. The molecule has 2 rings (SSSR count). The molecule has 69 valence electrons. The molecule has 0 saturated heterocycles. The first-order valence-corrected chi connectivity index (χ1v) is 4.46. The van der Waals surface area contributed by atoms with Crippen LogP contribution >= 0.6 is 0 Å². The number of hydrogen-bond acceptors (Lipinski definition) is 3. The van der Waals surface area contributed by atoms with Crippen LogP contribution in [0.1, 0.15) is 47.7 Å². The van der Waals surface area contributed by atoms with E-state index < -0.39 is 5.91 Å². The minimum atomic E-state index is -0.497. The lowest BCUT2D eigenvalue weighted by molar-refractivity contribution is 0.0998. The molecule has 13 heavy (non-hydrogen) atoms. The van der Waals surface area contributed by atoms with E-state index in [1.54, 1.807) is 0 Å². The quantitative estimate of drug-likeness (QED) is 0.742. The SMILES string of the molecule is NC(=O)c1[c]onc1C1CCCC1. The summed E-state index contributed by atoms with van der Waals surface area (Å²) >= 11 is 0. The van der Waals surface area contributed by atoms with Gasteiger partial charge in [-0.05, 0) is 12.8 Å². The lowest BCUT2D eigenvalue weighted by atomic mass is 10.0. The molecular weight excluding hydrogens is 168 g/mol. The lowest BCUT2D eigenvalue weighted by Crippen LogP contribution is -2.13. The van der Waals surface area contributed by atoms with Gasteiger partial charge in [0.2, 0.25) is 6.26 Å². The van der Waals surface area contributed by atoms with Gasteiger partial charge < -0.3 is 10.3 Å². The highest BCUT2D eigenvalue weighted by Gasteiger charge is 2.25. The van der Waals surface area contributed by atoms with Crippen LogP contribution < -0.4 is 5.73 Å². The average molecular weight is 179 g/mol. The standard InChI is InChI=1S/C9H11N2O2/c10-9(12)7-5-13-11-8(7)6-3-1-2-4-6/h6H,1-4H2,(H2,10,12). The van der Waals surface area contributed by atoms with Crippen LogP contribution in [0.25, 0.3) is 0 Å². The highest BCUT2D eigenvalue weighted by molar-refractivity contribution is 5.93. The zero-order valence-electron chi connectivity index (χ0n) is 7.25. The second-order valence-corrected chi connectivity index (χ2v) is 3.39. The number of amides is 1. The van der Waals surface area contributed by atoms with Crippen LogP contribution in [-0.2, 0) is 0 Å². The summed E-state index contributed by atoms with van der Waals surface area (Å²) in [5.41, 5.74) is 6.18. The Morgan fingerprint density at radius 2 is 2.23 bits per heavy atom. The molecule has 1 radical (unpaired) electrons. The molecule has 1 aliphatic carbocycles. The Morgan fingerprint density at radius 1 is 1.54 bits per heavy atom. The molecule has 0 unspecified atom stereocenters. The van der Waals surface area contributed by atoms with Crippen molar-refractivity contribution in [2.45, 2.75) is 31.6 Å². The van der Waals surface area contributed by atoms with Gasteiger partial charge in [-0.25, -0.2) is 0 Å². The maximum absolute atomic E-state index is 10.9. The van der Waals surface area contributed by atoms with E-state index >= 15 is 0 Å². The highest BCUT2D eigenvalue weighted by atomic mass is 16.5. The number of primary amides is 1. The van der Waals surface area contributed by atoms with E-state index in [1.165, 1.54) is 12.8 Å². The fourth-order valence-electron chi connectivity index (χ4n) is 1.87. The molecule has 0 aliphatic heterocycles. The normalized spacial score (nSPS) is 17.8. The molecular formula is C9H11N2O2. The van der Waals surface area contributed by atoms with Gasteiger partial charge in [-0.1, -0.05) is 18.0 Å². The molecule has 0 bridgehead atoms. The minimum absolute atomic E-state index is 0.326. The second kappa shape index (κ2) is 3.20. The average Bonchev–Trinajstić information content (AvgIpc) is 2.74. The molecule has 1 aromatic heterocycles. The van der Waals surface area contributed by atoms with Gasteiger partial charge in [-0.15, -0.1) is 0 Å². The zero-order chi connectivity index (χ0) is 9.26. The molecule has 2 N–H and O–H groups in total. The fraction of sp³-hybridized carbons (Fsp3) is 0.556. The fourth-order valence-corrected chi connectivity index (χ4v) is 1.87. The van der Waals surface area contributed by atoms with Crippen LogP contribution in [0, 0.1) is 6.26 Å². The Labute approximate surface area is 76.1 Å². The number of carbonyl (C=O) groups is 1. The third kappa shape index (κ3) is 1.43. The van der Waals surface area contributed by atoms with Gasteiger partial charge in [0.1, 0.15) is 11.3 Å². The van der Waals surface area contributed by atoms with Crippen molar-refractivity contribution in [3.63, 3.8) is 0 Å². The van der Waals surface area contributed by atoms with Gasteiger partial charge in [-0.3, -0.25) is 4.79 Å². The van der Waals surface area contributed by atoms with Crippen LogP contribution in [0.4, 0.5) is 0 Å². The first-order chi connectivity index (χ1) is 6.29. The maximum atomic E-state index is 10.9. The van der Waals surface area contributed by atoms with Gasteiger partial charge in [0.25, 0.3) is 5.91 Å². The van der Waals surface area contributed by atoms with E-state index in [4.69, 9.17) is 5.73 Å². The van der Waals surface area contributed by atoms with E-state index in [1.807, 2.05) is 0 Å². The van der Waals surface area contributed by atoms with Crippen molar-refractivity contribution < 1.29 is 9.32 Å². The molecule has 1 fully saturated rings. The predicted molar refractivity (Wildman–Crippen MR) is 45.1 cm³/mol. The summed E-state index contributed by atoms with van der Waals surface area (Å²) in [5.74, 6) is -0.152. The Morgan fingerprint density at radius 3 is 2.85 bits per heavy atom. The Kier molecular flexibility index (Phi) is 2.04. The predicted octanol–water partition coefficient (Wildman–Crippen LogP) is 1.23. The van der Waals surface area contributed by atoms with Crippen LogP contribution in [0.2, 0.25) is 0 Å². The van der Waals surface area contributed by atoms with Gasteiger partial charge in [0.15, 0.2) is 0 Å². The van der Waals surface area contributed by atoms with Crippen molar-refractivity contribution in [2.24, 2.45) is 5.73 Å². The summed E-state index contributed by atoms with van der Waals surface area (Å²) in [5, 5.41) is 3.79. The molecule has 0 aromatic carbocycles. The number of hydrogen-bond donors (Lipinski definition) is 1. The van der Waals surface area contributed by atoms with E-state index in [9.17, 15) is 4.79 Å². The van der Waals surface area contributed by atoms with Crippen molar-refractivity contribution in [1.82, 2.24) is 5.16 Å². The molecule has 0 spiro atoms. The van der Waals surface area contributed by atoms with Gasteiger partial charge in [0.05, 0.1) is 0 Å². The number of nitrogens with zero attached hydrogens (tertiary/aromatic N) is 1. The first kappa shape index (κ1) is 8.29. The van der Waals surface area contributed by atoms with E-state index in [-0.39, 0.29) is 0 Å². The minimum Gasteiger partial charge on any atom is -0.365 e. The Bertz CT molecular complexity index is 313. The van der Waals surface area contributed by atoms with Crippen LogP contribution in [-0.4, -0.2) is 11.1 Å². The first-order valence-electron chi connectivity index (χ1n) is 4.46. The van der Waals surface area contributed by atoms with Crippen molar-refractivity contribution in [2.75, 3.05) is 0 Å². The molecule has 4 heteroatoms. The van der Waals surface area contributed by atoms with E-state index in [2.05, 4.69) is 15.9 Å². The molecule has 1 saturated carbocycles. The molecule has 0 atom stereocenters. The number of rotatable bonds is 2. The van der Waals surface area contributed by atoms with Gasteiger partial charge >= 0.3 is 0 Å². The smallest absolute Gasteiger partial charge is 0.254 e. The monoisotopic (exact) mass is 179 g/mol. The van der Waals surface area contributed by atoms with Crippen LogP contribution in [0.5, 0.6) is 0 Å². The Hall–Kier alpha value is -1.32. The number of carbonyl (C=O) groups excluding carboxylic acids is 1. The van der Waals surface area contributed by atoms with E-state index in [0.29, 0.717) is 17.2 Å². The summed E-state index contributed by atoms with van der Waals surface area (Å²) < 4.78 is 4.64. The van der Waals surface area contributed by atoms with Crippen LogP contribution in [0.3, 0.4) is 0 Å². The van der Waals surface area contributed by atoms with Gasteiger partial charge in [-0.2, -0.15) is 0 Å². The summed E-state index contributed by atoms with van der Waals surface area (Å²) in [4.78, 5) is 10.9. The summed E-state index contributed by atoms with van der Waals surface area (Å²) in [7, 11) is 0. The largest absolute Gasteiger partial charge is 0.365 e. The third-order valence-electron chi connectivity index (χ3n) is 2.54. The molecule has 1 heterocycles. The molecule has 4 nitrogen and oxygen atoms in total. The number of nitrogens with two attached hydrogens (primary N) is 1.